The van der Waals surface area contributed by atoms with Crippen LogP contribution in [-0.2, 0) is 10.5 Å². The van der Waals surface area contributed by atoms with Crippen LogP contribution in [0.3, 0.4) is 0 Å². The highest BCUT2D eigenvalue weighted by atomic mass is 32.2. The largest absolute Gasteiger partial charge is 0.378 e. The lowest BCUT2D eigenvalue weighted by Crippen LogP contribution is -2.05. The van der Waals surface area contributed by atoms with E-state index in [0.29, 0.717) is 6.10 Å². The Morgan fingerprint density at radius 1 is 1.25 bits per heavy atom. The highest BCUT2D eigenvalue weighted by molar-refractivity contribution is 7.98. The number of hydrogen-bond donors (Lipinski definition) is 0. The minimum Gasteiger partial charge on any atom is -0.378 e. The summed E-state index contributed by atoms with van der Waals surface area (Å²) in [5.41, 5.74) is 4.19. The molecule has 0 saturated heterocycles. The molecule has 16 heavy (non-hydrogen) atoms. The van der Waals surface area contributed by atoms with Gasteiger partial charge < -0.3 is 4.74 Å². The van der Waals surface area contributed by atoms with Gasteiger partial charge in [-0.2, -0.15) is 11.8 Å². The van der Waals surface area contributed by atoms with Crippen LogP contribution in [0, 0.1) is 13.8 Å². The summed E-state index contributed by atoms with van der Waals surface area (Å²) < 4.78 is 5.51. The second-order valence-electron chi connectivity index (χ2n) is 4.40. The van der Waals surface area contributed by atoms with Gasteiger partial charge in [0.1, 0.15) is 0 Å². The van der Waals surface area contributed by atoms with Crippen LogP contribution in [0.15, 0.2) is 18.2 Å². The lowest BCUT2D eigenvalue weighted by Gasteiger charge is -2.09. The van der Waals surface area contributed by atoms with Crippen LogP contribution in [0.5, 0.6) is 0 Å². The molecule has 0 aliphatic heterocycles. The summed E-state index contributed by atoms with van der Waals surface area (Å²) in [6.45, 7) is 9.34. The summed E-state index contributed by atoms with van der Waals surface area (Å²) in [5, 5.41) is 0. The van der Waals surface area contributed by atoms with Crippen LogP contribution < -0.4 is 0 Å². The van der Waals surface area contributed by atoms with E-state index in [0.717, 1.165) is 18.1 Å². The van der Waals surface area contributed by atoms with E-state index < -0.39 is 0 Å². The van der Waals surface area contributed by atoms with E-state index >= 15 is 0 Å². The zero-order chi connectivity index (χ0) is 12.0. The number of benzene rings is 1. The van der Waals surface area contributed by atoms with E-state index in [4.69, 9.17) is 4.74 Å². The highest BCUT2D eigenvalue weighted by Gasteiger charge is 1.99. The van der Waals surface area contributed by atoms with Crippen molar-refractivity contribution in [2.45, 2.75) is 39.6 Å². The lowest BCUT2D eigenvalue weighted by molar-refractivity contribution is 0.0920. The summed E-state index contributed by atoms with van der Waals surface area (Å²) in [4.78, 5) is 0. The molecule has 1 aromatic carbocycles. The molecule has 1 nitrogen and oxygen atoms in total. The first-order chi connectivity index (χ1) is 7.59. The average Bonchev–Trinajstić information content (AvgIpc) is 2.22. The quantitative estimate of drug-likeness (QED) is 0.694. The van der Waals surface area contributed by atoms with Gasteiger partial charge in [-0.05, 0) is 38.8 Å². The monoisotopic (exact) mass is 238 g/mol. The van der Waals surface area contributed by atoms with Crippen molar-refractivity contribution >= 4 is 11.8 Å². The third kappa shape index (κ3) is 5.04. The summed E-state index contributed by atoms with van der Waals surface area (Å²) >= 11 is 1.95. The number of rotatable bonds is 6. The smallest absolute Gasteiger partial charge is 0.0560 e. The Hall–Kier alpha value is -0.470. The SMILES string of the molecule is Cc1ccc(C)c(CSCCOC(C)C)c1. The molecule has 0 bridgehead atoms. The lowest BCUT2D eigenvalue weighted by atomic mass is 10.1. The van der Waals surface area contributed by atoms with Crippen molar-refractivity contribution in [1.82, 2.24) is 0 Å². The molecular formula is C14H22OS. The van der Waals surface area contributed by atoms with E-state index in [1.165, 1.54) is 16.7 Å². The fourth-order valence-electron chi connectivity index (χ4n) is 1.48. The van der Waals surface area contributed by atoms with Crippen molar-refractivity contribution in [1.29, 1.82) is 0 Å². The molecule has 1 aromatic rings. The molecule has 0 unspecified atom stereocenters. The van der Waals surface area contributed by atoms with Gasteiger partial charge in [-0.3, -0.25) is 0 Å². The van der Waals surface area contributed by atoms with Gasteiger partial charge in [-0.1, -0.05) is 23.8 Å². The summed E-state index contributed by atoms with van der Waals surface area (Å²) in [6.07, 6.45) is 0.348. The standard InChI is InChI=1S/C14H22OS/c1-11(2)15-7-8-16-10-14-9-12(3)5-6-13(14)4/h5-6,9,11H,7-8,10H2,1-4H3. The third-order valence-electron chi connectivity index (χ3n) is 2.44. The van der Waals surface area contributed by atoms with Crippen molar-refractivity contribution in [3.05, 3.63) is 34.9 Å². The van der Waals surface area contributed by atoms with Crippen molar-refractivity contribution in [3.8, 4) is 0 Å². The Balaban J connectivity index is 2.29. The van der Waals surface area contributed by atoms with Gasteiger partial charge in [-0.15, -0.1) is 0 Å². The zero-order valence-corrected chi connectivity index (χ0v) is 11.6. The first-order valence-corrected chi connectivity index (χ1v) is 7.00. The minimum absolute atomic E-state index is 0.348. The van der Waals surface area contributed by atoms with Crippen LogP contribution in [0.4, 0.5) is 0 Å². The summed E-state index contributed by atoms with van der Waals surface area (Å²) in [6, 6.07) is 6.66. The first kappa shape index (κ1) is 13.6. The maximum absolute atomic E-state index is 5.51. The second-order valence-corrected chi connectivity index (χ2v) is 5.51. The van der Waals surface area contributed by atoms with Crippen molar-refractivity contribution < 1.29 is 4.74 Å². The van der Waals surface area contributed by atoms with Crippen LogP contribution in [0.2, 0.25) is 0 Å². The molecule has 0 heterocycles. The molecule has 0 aliphatic rings. The Bertz CT molecular complexity index is 321. The van der Waals surface area contributed by atoms with Crippen LogP contribution >= 0.6 is 11.8 Å². The number of ether oxygens (including phenoxy) is 1. The number of hydrogen-bond acceptors (Lipinski definition) is 2. The molecule has 0 spiro atoms. The molecule has 0 amide bonds. The van der Waals surface area contributed by atoms with Crippen molar-refractivity contribution in [3.63, 3.8) is 0 Å². The average molecular weight is 238 g/mol. The predicted octanol–water partition coefficient (Wildman–Crippen LogP) is 3.96. The zero-order valence-electron chi connectivity index (χ0n) is 10.7. The second kappa shape index (κ2) is 6.97. The van der Waals surface area contributed by atoms with Gasteiger partial charge in [0.05, 0.1) is 12.7 Å². The fourth-order valence-corrected chi connectivity index (χ4v) is 2.37. The molecule has 90 valence electrons. The Kier molecular flexibility index (Phi) is 5.93. The molecule has 0 fully saturated rings. The van der Waals surface area contributed by atoms with E-state index in [2.05, 4.69) is 45.9 Å². The van der Waals surface area contributed by atoms with Gasteiger partial charge in [0.2, 0.25) is 0 Å². The molecular weight excluding hydrogens is 216 g/mol. The normalized spacial score (nSPS) is 11.1. The van der Waals surface area contributed by atoms with Gasteiger partial charge in [0.25, 0.3) is 0 Å². The highest BCUT2D eigenvalue weighted by Crippen LogP contribution is 2.17. The molecule has 0 saturated carbocycles. The van der Waals surface area contributed by atoms with Gasteiger partial charge in [0, 0.05) is 11.5 Å². The molecule has 0 aromatic heterocycles. The van der Waals surface area contributed by atoms with Gasteiger partial charge in [-0.25, -0.2) is 0 Å². The Morgan fingerprint density at radius 2 is 2.00 bits per heavy atom. The molecule has 0 radical (unpaired) electrons. The molecule has 1 rings (SSSR count). The Labute approximate surface area is 104 Å². The Morgan fingerprint density at radius 3 is 2.69 bits per heavy atom. The van der Waals surface area contributed by atoms with Crippen LogP contribution in [-0.4, -0.2) is 18.5 Å². The maximum atomic E-state index is 5.51. The first-order valence-electron chi connectivity index (χ1n) is 5.85. The van der Waals surface area contributed by atoms with E-state index in [9.17, 15) is 0 Å². The predicted molar refractivity (Wildman–Crippen MR) is 73.2 cm³/mol. The number of aryl methyl sites for hydroxylation is 2. The van der Waals surface area contributed by atoms with E-state index in [-0.39, 0.29) is 0 Å². The van der Waals surface area contributed by atoms with Crippen molar-refractivity contribution in [2.24, 2.45) is 0 Å². The van der Waals surface area contributed by atoms with E-state index in [1.807, 2.05) is 11.8 Å². The van der Waals surface area contributed by atoms with Gasteiger partial charge in [0.15, 0.2) is 0 Å². The molecule has 0 atom stereocenters. The van der Waals surface area contributed by atoms with Gasteiger partial charge >= 0.3 is 0 Å². The molecule has 2 heteroatoms. The fraction of sp³-hybridized carbons (Fsp3) is 0.571. The minimum atomic E-state index is 0.348. The van der Waals surface area contributed by atoms with Crippen LogP contribution in [0.1, 0.15) is 30.5 Å². The van der Waals surface area contributed by atoms with Crippen LogP contribution in [0.25, 0.3) is 0 Å². The number of thioether (sulfide) groups is 1. The summed E-state index contributed by atoms with van der Waals surface area (Å²) in [7, 11) is 0. The molecule has 0 N–H and O–H groups in total. The van der Waals surface area contributed by atoms with E-state index in [1.54, 1.807) is 0 Å². The molecule has 0 aliphatic carbocycles. The third-order valence-corrected chi connectivity index (χ3v) is 3.41. The summed E-state index contributed by atoms with van der Waals surface area (Å²) in [5.74, 6) is 2.17. The van der Waals surface area contributed by atoms with Crippen molar-refractivity contribution in [2.75, 3.05) is 12.4 Å². The maximum Gasteiger partial charge on any atom is 0.0560 e. The topological polar surface area (TPSA) is 9.23 Å².